The molecular formula is C16H25N7O2S. The summed E-state index contributed by atoms with van der Waals surface area (Å²) in [4.78, 5) is 13.3. The van der Waals surface area contributed by atoms with E-state index in [4.69, 9.17) is 5.14 Å². The molecule has 2 aromatic rings. The molecule has 0 aromatic carbocycles. The Balaban J connectivity index is 1.73. The summed E-state index contributed by atoms with van der Waals surface area (Å²) in [6, 6.07) is 2.26. The van der Waals surface area contributed by atoms with E-state index in [0.717, 1.165) is 17.2 Å². The Labute approximate surface area is 153 Å². The number of nitrogens with one attached hydrogen (secondary N) is 1. The van der Waals surface area contributed by atoms with E-state index in [1.165, 1.54) is 4.31 Å². The van der Waals surface area contributed by atoms with Crippen LogP contribution in [0.1, 0.15) is 38.6 Å². The van der Waals surface area contributed by atoms with Gasteiger partial charge in [0.15, 0.2) is 0 Å². The number of rotatable bonds is 5. The Hall–Kier alpha value is -2.04. The zero-order valence-electron chi connectivity index (χ0n) is 15.3. The van der Waals surface area contributed by atoms with Gasteiger partial charge in [0.1, 0.15) is 5.82 Å². The molecule has 9 nitrogen and oxygen atoms in total. The molecule has 0 spiro atoms. The first-order valence-electron chi connectivity index (χ1n) is 8.67. The van der Waals surface area contributed by atoms with Gasteiger partial charge in [0.25, 0.3) is 10.2 Å². The van der Waals surface area contributed by atoms with Crippen molar-refractivity contribution in [2.75, 3.05) is 18.4 Å². The molecule has 3 heterocycles. The van der Waals surface area contributed by atoms with Crippen molar-refractivity contribution >= 4 is 16.2 Å². The summed E-state index contributed by atoms with van der Waals surface area (Å²) in [5.74, 6) is 1.48. The molecule has 0 atom stereocenters. The first kappa shape index (κ1) is 18.7. The first-order chi connectivity index (χ1) is 12.3. The van der Waals surface area contributed by atoms with E-state index in [9.17, 15) is 8.42 Å². The maximum absolute atomic E-state index is 11.4. The van der Waals surface area contributed by atoms with Gasteiger partial charge in [-0.1, -0.05) is 0 Å². The van der Waals surface area contributed by atoms with Crippen molar-refractivity contribution in [3.05, 3.63) is 24.3 Å². The monoisotopic (exact) mass is 379 g/mol. The highest BCUT2D eigenvalue weighted by Crippen LogP contribution is 2.24. The van der Waals surface area contributed by atoms with E-state index < -0.39 is 10.2 Å². The molecule has 3 N–H and O–H groups in total. The molecular weight excluding hydrogens is 354 g/mol. The van der Waals surface area contributed by atoms with Gasteiger partial charge in [-0.25, -0.2) is 20.1 Å². The van der Waals surface area contributed by atoms with Crippen LogP contribution in [0.3, 0.4) is 0 Å². The van der Waals surface area contributed by atoms with E-state index >= 15 is 0 Å². The van der Waals surface area contributed by atoms with Gasteiger partial charge in [-0.15, -0.1) is 0 Å². The molecule has 0 bridgehead atoms. The second kappa shape index (κ2) is 7.29. The van der Waals surface area contributed by atoms with Crippen molar-refractivity contribution in [2.24, 2.45) is 5.14 Å². The summed E-state index contributed by atoms with van der Waals surface area (Å²) < 4.78 is 26.2. The maximum Gasteiger partial charge on any atom is 0.276 e. The molecule has 0 saturated carbocycles. The standard InChI is InChI=1S/C16H25N7O2S/c1-11(2)23-12(3)19-10-15(23)14-4-7-18-16(21-14)20-13-5-8-22(9-6-13)26(17,24)25/h4,7,10-11,13H,5-6,8-9H2,1-3H3,(H2,17,24,25)(H,18,20,21). The van der Waals surface area contributed by atoms with Crippen LogP contribution in [-0.2, 0) is 10.2 Å². The van der Waals surface area contributed by atoms with Crippen LogP contribution >= 0.6 is 0 Å². The van der Waals surface area contributed by atoms with Crippen LogP contribution in [0.4, 0.5) is 5.95 Å². The fourth-order valence-electron chi connectivity index (χ4n) is 3.30. The van der Waals surface area contributed by atoms with Gasteiger partial charge in [-0.2, -0.15) is 12.7 Å². The second-order valence-corrected chi connectivity index (χ2v) is 8.33. The number of imidazole rings is 1. The van der Waals surface area contributed by atoms with E-state index in [1.54, 1.807) is 6.20 Å². The van der Waals surface area contributed by atoms with Crippen LogP contribution in [0.15, 0.2) is 18.5 Å². The van der Waals surface area contributed by atoms with Gasteiger partial charge >= 0.3 is 0 Å². The summed E-state index contributed by atoms with van der Waals surface area (Å²) in [6.07, 6.45) is 4.86. The predicted molar refractivity (Wildman–Crippen MR) is 99.7 cm³/mol. The molecule has 0 amide bonds. The summed E-state index contributed by atoms with van der Waals surface area (Å²) >= 11 is 0. The number of aromatic nitrogens is 4. The van der Waals surface area contributed by atoms with Crippen molar-refractivity contribution in [3.8, 4) is 11.4 Å². The molecule has 10 heteroatoms. The number of aryl methyl sites for hydroxylation is 1. The number of nitrogens with zero attached hydrogens (tertiary/aromatic N) is 5. The quantitative estimate of drug-likeness (QED) is 0.808. The topological polar surface area (TPSA) is 119 Å². The third kappa shape index (κ3) is 4.02. The van der Waals surface area contributed by atoms with Crippen molar-refractivity contribution in [2.45, 2.75) is 45.7 Å². The zero-order valence-corrected chi connectivity index (χ0v) is 16.1. The lowest BCUT2D eigenvalue weighted by Gasteiger charge is -2.30. The molecule has 1 fully saturated rings. The zero-order chi connectivity index (χ0) is 18.9. The molecule has 26 heavy (non-hydrogen) atoms. The van der Waals surface area contributed by atoms with Crippen LogP contribution in [0.2, 0.25) is 0 Å². The smallest absolute Gasteiger partial charge is 0.276 e. The number of hydrogen-bond donors (Lipinski definition) is 2. The Bertz CT molecular complexity index is 870. The SMILES string of the molecule is Cc1ncc(-c2ccnc(NC3CCN(S(N)(=O)=O)CC3)n2)n1C(C)C. The van der Waals surface area contributed by atoms with Gasteiger partial charge in [0.05, 0.1) is 17.6 Å². The highest BCUT2D eigenvalue weighted by molar-refractivity contribution is 7.86. The van der Waals surface area contributed by atoms with Crippen LogP contribution in [-0.4, -0.2) is 51.4 Å². The Morgan fingerprint density at radius 2 is 1.96 bits per heavy atom. The molecule has 3 rings (SSSR count). The number of anilines is 1. The summed E-state index contributed by atoms with van der Waals surface area (Å²) in [5, 5.41) is 8.48. The second-order valence-electron chi connectivity index (χ2n) is 6.78. The van der Waals surface area contributed by atoms with Crippen molar-refractivity contribution in [1.29, 1.82) is 0 Å². The average Bonchev–Trinajstić information content (AvgIpc) is 2.97. The fraction of sp³-hybridized carbons (Fsp3) is 0.562. The maximum atomic E-state index is 11.4. The van der Waals surface area contributed by atoms with Crippen LogP contribution in [0.5, 0.6) is 0 Å². The van der Waals surface area contributed by atoms with Crippen LogP contribution in [0.25, 0.3) is 11.4 Å². The normalized spacial score (nSPS) is 17.0. The van der Waals surface area contributed by atoms with Crippen molar-refractivity contribution in [3.63, 3.8) is 0 Å². The highest BCUT2D eigenvalue weighted by atomic mass is 32.2. The molecule has 2 aromatic heterocycles. The van der Waals surface area contributed by atoms with E-state index in [-0.39, 0.29) is 12.1 Å². The Kier molecular flexibility index (Phi) is 5.26. The average molecular weight is 379 g/mol. The van der Waals surface area contributed by atoms with E-state index in [1.807, 2.05) is 19.2 Å². The Morgan fingerprint density at radius 1 is 1.27 bits per heavy atom. The fourth-order valence-corrected chi connectivity index (χ4v) is 4.02. The number of piperidine rings is 1. The molecule has 1 aliphatic heterocycles. The lowest BCUT2D eigenvalue weighted by atomic mass is 10.1. The summed E-state index contributed by atoms with van der Waals surface area (Å²) in [6.45, 7) is 6.99. The van der Waals surface area contributed by atoms with Crippen molar-refractivity contribution < 1.29 is 8.42 Å². The lowest BCUT2D eigenvalue weighted by Crippen LogP contribution is -2.45. The van der Waals surface area contributed by atoms with E-state index in [0.29, 0.717) is 31.9 Å². The minimum atomic E-state index is -3.61. The van der Waals surface area contributed by atoms with E-state index in [2.05, 4.69) is 38.7 Å². The molecule has 1 aliphatic rings. The minimum Gasteiger partial charge on any atom is -0.351 e. The van der Waals surface area contributed by atoms with Gasteiger partial charge < -0.3 is 9.88 Å². The lowest BCUT2D eigenvalue weighted by molar-refractivity contribution is 0.329. The van der Waals surface area contributed by atoms with Gasteiger partial charge in [-0.05, 0) is 39.7 Å². The largest absolute Gasteiger partial charge is 0.351 e. The third-order valence-corrected chi connectivity index (χ3v) is 5.65. The molecule has 142 valence electrons. The molecule has 0 radical (unpaired) electrons. The highest BCUT2D eigenvalue weighted by Gasteiger charge is 2.25. The van der Waals surface area contributed by atoms with Gasteiger partial charge in [0, 0.05) is 31.4 Å². The number of hydrogen-bond acceptors (Lipinski definition) is 6. The molecule has 0 aliphatic carbocycles. The first-order valence-corrected chi connectivity index (χ1v) is 10.2. The predicted octanol–water partition coefficient (Wildman–Crippen LogP) is 1.31. The Morgan fingerprint density at radius 3 is 2.58 bits per heavy atom. The van der Waals surface area contributed by atoms with Gasteiger partial charge in [0.2, 0.25) is 5.95 Å². The molecule has 1 saturated heterocycles. The number of nitrogens with two attached hydrogens (primary N) is 1. The summed E-state index contributed by atoms with van der Waals surface area (Å²) in [5.41, 5.74) is 1.76. The summed E-state index contributed by atoms with van der Waals surface area (Å²) in [7, 11) is -3.61. The third-order valence-electron chi connectivity index (χ3n) is 4.56. The van der Waals surface area contributed by atoms with Crippen molar-refractivity contribution in [1.82, 2.24) is 23.8 Å². The van der Waals surface area contributed by atoms with Gasteiger partial charge in [-0.3, -0.25) is 0 Å². The molecule has 0 unspecified atom stereocenters. The van der Waals surface area contributed by atoms with Crippen LogP contribution in [0, 0.1) is 6.92 Å². The van der Waals surface area contributed by atoms with Crippen LogP contribution < -0.4 is 10.5 Å². The minimum absolute atomic E-state index is 0.111.